The van der Waals surface area contributed by atoms with E-state index < -0.39 is 29.8 Å². The first-order valence-electron chi connectivity index (χ1n) is 7.90. The molecule has 25 heavy (non-hydrogen) atoms. The molecule has 3 rings (SSSR count). The van der Waals surface area contributed by atoms with Crippen LogP contribution in [0.25, 0.3) is 0 Å². The molecule has 1 aromatic carbocycles. The molecular formula is C17H16F3N3O2. The zero-order valence-corrected chi connectivity index (χ0v) is 13.3. The van der Waals surface area contributed by atoms with E-state index in [-0.39, 0.29) is 5.69 Å². The third-order valence-electron chi connectivity index (χ3n) is 4.07. The summed E-state index contributed by atoms with van der Waals surface area (Å²) in [5, 5.41) is 6.40. The molecule has 1 amide bonds. The van der Waals surface area contributed by atoms with Gasteiger partial charge in [0.05, 0.1) is 16.9 Å². The number of nitrogens with one attached hydrogen (secondary N) is 1. The number of fused-ring (bicyclic) bond motifs is 1. The number of hydrogen-bond acceptors (Lipinski definition) is 3. The fourth-order valence-corrected chi connectivity index (χ4v) is 2.88. The van der Waals surface area contributed by atoms with E-state index in [1.807, 2.05) is 0 Å². The molecule has 1 aliphatic rings. The number of rotatable bonds is 3. The molecule has 8 heteroatoms. The Hall–Kier alpha value is -2.64. The van der Waals surface area contributed by atoms with E-state index in [1.165, 1.54) is 24.3 Å². The van der Waals surface area contributed by atoms with E-state index >= 15 is 0 Å². The van der Waals surface area contributed by atoms with Gasteiger partial charge in [-0.3, -0.25) is 9.59 Å². The average molecular weight is 351 g/mol. The van der Waals surface area contributed by atoms with Gasteiger partial charge in [0, 0.05) is 6.07 Å². The molecule has 0 spiro atoms. The Labute approximate surface area is 141 Å². The minimum atomic E-state index is -4.58. The van der Waals surface area contributed by atoms with Gasteiger partial charge in [-0.25, -0.2) is 4.68 Å². The molecule has 0 atom stereocenters. The lowest BCUT2D eigenvalue weighted by Crippen LogP contribution is -2.31. The Morgan fingerprint density at radius 2 is 1.92 bits per heavy atom. The summed E-state index contributed by atoms with van der Waals surface area (Å²) in [5.74, 6) is -0.734. The number of aryl methyl sites for hydroxylation is 2. The summed E-state index contributed by atoms with van der Waals surface area (Å²) >= 11 is 0. The third-order valence-corrected chi connectivity index (χ3v) is 4.07. The second kappa shape index (κ2) is 6.70. The van der Waals surface area contributed by atoms with Crippen molar-refractivity contribution in [2.24, 2.45) is 0 Å². The molecule has 0 aliphatic heterocycles. The number of anilines is 1. The molecule has 5 nitrogen and oxygen atoms in total. The Bertz CT molecular complexity index is 859. The number of carbonyl (C=O) groups is 1. The lowest BCUT2D eigenvalue weighted by atomic mass is 9.97. The van der Waals surface area contributed by atoms with Crippen LogP contribution in [0.15, 0.2) is 35.1 Å². The van der Waals surface area contributed by atoms with Gasteiger partial charge < -0.3 is 5.32 Å². The summed E-state index contributed by atoms with van der Waals surface area (Å²) in [7, 11) is 0. The molecule has 1 N–H and O–H groups in total. The monoisotopic (exact) mass is 351 g/mol. The van der Waals surface area contributed by atoms with E-state index in [0.29, 0.717) is 0 Å². The van der Waals surface area contributed by atoms with Crippen LogP contribution in [0.2, 0.25) is 0 Å². The van der Waals surface area contributed by atoms with Crippen LogP contribution in [0, 0.1) is 0 Å². The number of hydrogen-bond donors (Lipinski definition) is 1. The van der Waals surface area contributed by atoms with Crippen molar-refractivity contribution in [1.29, 1.82) is 0 Å². The van der Waals surface area contributed by atoms with E-state index in [2.05, 4.69) is 10.4 Å². The topological polar surface area (TPSA) is 64.0 Å². The van der Waals surface area contributed by atoms with Gasteiger partial charge in [-0.2, -0.15) is 18.3 Å². The van der Waals surface area contributed by atoms with Gasteiger partial charge in [-0.15, -0.1) is 0 Å². The lowest BCUT2D eigenvalue weighted by Gasteiger charge is -2.16. The first-order valence-corrected chi connectivity index (χ1v) is 7.90. The molecule has 1 heterocycles. The molecule has 0 fully saturated rings. The number of benzene rings is 1. The number of aromatic nitrogens is 2. The smallest absolute Gasteiger partial charge is 0.324 e. The number of nitrogens with zero attached hydrogens (tertiary/aromatic N) is 2. The second-order valence-electron chi connectivity index (χ2n) is 5.91. The van der Waals surface area contributed by atoms with E-state index in [1.54, 1.807) is 0 Å². The zero-order valence-electron chi connectivity index (χ0n) is 13.3. The Morgan fingerprint density at radius 3 is 2.68 bits per heavy atom. The van der Waals surface area contributed by atoms with Gasteiger partial charge in [0.2, 0.25) is 5.91 Å². The van der Waals surface area contributed by atoms with Gasteiger partial charge in [0.1, 0.15) is 6.54 Å². The van der Waals surface area contributed by atoms with Crippen LogP contribution in [0.4, 0.5) is 18.9 Å². The molecular weight excluding hydrogens is 335 g/mol. The van der Waals surface area contributed by atoms with Crippen molar-refractivity contribution in [3.05, 3.63) is 57.5 Å². The molecule has 1 aromatic heterocycles. The first-order chi connectivity index (χ1) is 11.8. The lowest BCUT2D eigenvalue weighted by molar-refractivity contribution is -0.137. The Balaban J connectivity index is 1.79. The fourth-order valence-electron chi connectivity index (χ4n) is 2.88. The van der Waals surface area contributed by atoms with Crippen molar-refractivity contribution in [1.82, 2.24) is 9.78 Å². The van der Waals surface area contributed by atoms with Crippen LogP contribution >= 0.6 is 0 Å². The Morgan fingerprint density at radius 1 is 1.20 bits per heavy atom. The SMILES string of the molecule is O=C(Cn1nc2c(cc1=O)CCCC2)Nc1ccccc1C(F)(F)F. The minimum absolute atomic E-state index is 0.342. The van der Waals surface area contributed by atoms with E-state index in [9.17, 15) is 22.8 Å². The van der Waals surface area contributed by atoms with E-state index in [4.69, 9.17) is 0 Å². The normalized spacial score (nSPS) is 14.0. The van der Waals surface area contributed by atoms with Gasteiger partial charge in [0.15, 0.2) is 0 Å². The molecule has 2 aromatic rings. The van der Waals surface area contributed by atoms with Crippen molar-refractivity contribution < 1.29 is 18.0 Å². The molecule has 0 unspecified atom stereocenters. The van der Waals surface area contributed by atoms with Crippen LogP contribution in [-0.2, 0) is 30.4 Å². The Kier molecular flexibility index (Phi) is 4.61. The maximum atomic E-state index is 13.0. The van der Waals surface area contributed by atoms with Crippen LogP contribution in [0.3, 0.4) is 0 Å². The van der Waals surface area contributed by atoms with Crippen molar-refractivity contribution in [3.63, 3.8) is 0 Å². The maximum absolute atomic E-state index is 13.0. The summed E-state index contributed by atoms with van der Waals surface area (Å²) in [6.07, 6.45) is -1.11. The number of alkyl halides is 3. The minimum Gasteiger partial charge on any atom is -0.324 e. The van der Waals surface area contributed by atoms with Crippen LogP contribution < -0.4 is 10.9 Å². The zero-order chi connectivity index (χ0) is 18.0. The second-order valence-corrected chi connectivity index (χ2v) is 5.91. The number of halogens is 3. The highest BCUT2D eigenvalue weighted by Gasteiger charge is 2.33. The van der Waals surface area contributed by atoms with Crippen molar-refractivity contribution in [2.45, 2.75) is 38.4 Å². The van der Waals surface area contributed by atoms with Crippen LogP contribution in [0.1, 0.15) is 29.7 Å². The third kappa shape index (κ3) is 3.89. The molecule has 0 saturated carbocycles. The highest BCUT2D eigenvalue weighted by Crippen LogP contribution is 2.34. The van der Waals surface area contributed by atoms with Gasteiger partial charge in [-0.05, 0) is 43.4 Å². The number of amides is 1. The summed E-state index contributed by atoms with van der Waals surface area (Å²) < 4.78 is 39.9. The average Bonchev–Trinajstić information content (AvgIpc) is 2.55. The van der Waals surface area contributed by atoms with Crippen LogP contribution in [-0.4, -0.2) is 15.7 Å². The van der Waals surface area contributed by atoms with Crippen LogP contribution in [0.5, 0.6) is 0 Å². The molecule has 0 saturated heterocycles. The summed E-state index contributed by atoms with van der Waals surface area (Å²) in [6, 6.07) is 6.16. The largest absolute Gasteiger partial charge is 0.418 e. The van der Waals surface area contributed by atoms with Gasteiger partial charge in [-0.1, -0.05) is 12.1 Å². The number of carbonyl (C=O) groups excluding carboxylic acids is 1. The summed E-state index contributed by atoms with van der Waals surface area (Å²) in [4.78, 5) is 24.1. The van der Waals surface area contributed by atoms with Gasteiger partial charge >= 0.3 is 6.18 Å². The predicted molar refractivity (Wildman–Crippen MR) is 85.2 cm³/mol. The highest BCUT2D eigenvalue weighted by molar-refractivity contribution is 5.91. The molecule has 0 bridgehead atoms. The first kappa shape index (κ1) is 17.2. The molecule has 1 aliphatic carbocycles. The van der Waals surface area contributed by atoms with Crippen molar-refractivity contribution >= 4 is 11.6 Å². The fraction of sp³-hybridized carbons (Fsp3) is 0.353. The quantitative estimate of drug-likeness (QED) is 0.925. The standard InChI is InChI=1S/C17H16F3N3O2/c18-17(19,20)12-6-2-4-8-14(12)21-15(24)10-23-16(25)9-11-5-1-3-7-13(11)22-23/h2,4,6,8-9H,1,3,5,7,10H2,(H,21,24). The summed E-state index contributed by atoms with van der Waals surface area (Å²) in [6.45, 7) is -0.432. The molecule has 132 valence electrons. The highest BCUT2D eigenvalue weighted by atomic mass is 19.4. The van der Waals surface area contributed by atoms with Crippen molar-refractivity contribution in [2.75, 3.05) is 5.32 Å². The van der Waals surface area contributed by atoms with Crippen molar-refractivity contribution in [3.8, 4) is 0 Å². The molecule has 0 radical (unpaired) electrons. The predicted octanol–water partition coefficient (Wildman–Crippen LogP) is 2.78. The maximum Gasteiger partial charge on any atom is 0.418 e. The van der Waals surface area contributed by atoms with Gasteiger partial charge in [0.25, 0.3) is 5.56 Å². The van der Waals surface area contributed by atoms with E-state index in [0.717, 1.165) is 47.7 Å². The summed E-state index contributed by atoms with van der Waals surface area (Å²) in [5.41, 5.74) is -0.0512. The number of para-hydroxylation sites is 1.